The first-order valence-corrected chi connectivity index (χ1v) is 5.08. The average Bonchev–Trinajstić information content (AvgIpc) is 2.64. The average molecular weight is 181 g/mol. The van der Waals surface area contributed by atoms with Gasteiger partial charge in [0, 0.05) is 0 Å². The van der Waals surface area contributed by atoms with Crippen LogP contribution in [0.2, 0.25) is 0 Å². The Labute approximate surface area is 80.3 Å². The predicted octanol–water partition coefficient (Wildman–Crippen LogP) is 2.46. The summed E-state index contributed by atoms with van der Waals surface area (Å²) in [4.78, 5) is 0. The van der Waals surface area contributed by atoms with Crippen LogP contribution in [0.1, 0.15) is 25.8 Å². The van der Waals surface area contributed by atoms with Crippen molar-refractivity contribution in [3.63, 3.8) is 0 Å². The van der Waals surface area contributed by atoms with Crippen LogP contribution in [-0.2, 0) is 6.42 Å². The third-order valence-corrected chi connectivity index (χ3v) is 2.36. The summed E-state index contributed by atoms with van der Waals surface area (Å²) in [6.45, 7) is 6.55. The summed E-state index contributed by atoms with van der Waals surface area (Å²) in [5.41, 5.74) is 1.31. The minimum absolute atomic E-state index is 0.734. The molecule has 0 fully saturated rings. The van der Waals surface area contributed by atoms with Crippen molar-refractivity contribution in [2.75, 3.05) is 13.1 Å². The fourth-order valence-electron chi connectivity index (χ4n) is 1.45. The van der Waals surface area contributed by atoms with Crippen molar-refractivity contribution in [2.24, 2.45) is 5.92 Å². The minimum atomic E-state index is 0.734. The second-order valence-corrected chi connectivity index (χ2v) is 3.42. The summed E-state index contributed by atoms with van der Waals surface area (Å²) in [6, 6.07) is 2.05. The number of nitrogens with one attached hydrogen (secondary N) is 1. The molecule has 74 valence electrons. The predicted molar refractivity (Wildman–Crippen MR) is 54.7 cm³/mol. The maximum Gasteiger partial charge on any atom is 0.0934 e. The molecule has 1 rings (SSSR count). The molecule has 1 aromatic heterocycles. The largest absolute Gasteiger partial charge is 0.472 e. The van der Waals surface area contributed by atoms with Crippen molar-refractivity contribution in [3.8, 4) is 0 Å². The molecule has 2 nitrogen and oxygen atoms in total. The molecule has 0 saturated heterocycles. The Balaban J connectivity index is 2.31. The van der Waals surface area contributed by atoms with Crippen molar-refractivity contribution in [3.05, 3.63) is 24.2 Å². The molecule has 13 heavy (non-hydrogen) atoms. The van der Waals surface area contributed by atoms with Gasteiger partial charge in [-0.15, -0.1) is 0 Å². The standard InChI is InChI=1S/C11H19NO/c1-3-10(8-12-4-2)7-11-5-6-13-9-11/h5-6,9-10,12H,3-4,7-8H2,1-2H3. The van der Waals surface area contributed by atoms with Crippen molar-refractivity contribution in [2.45, 2.75) is 26.7 Å². The molecule has 2 heteroatoms. The normalized spacial score (nSPS) is 13.1. The second-order valence-electron chi connectivity index (χ2n) is 3.42. The Kier molecular flexibility index (Phi) is 4.61. The summed E-state index contributed by atoms with van der Waals surface area (Å²) >= 11 is 0. The quantitative estimate of drug-likeness (QED) is 0.729. The highest BCUT2D eigenvalue weighted by atomic mass is 16.3. The molecule has 1 unspecified atom stereocenters. The van der Waals surface area contributed by atoms with Crippen molar-refractivity contribution < 1.29 is 4.42 Å². The van der Waals surface area contributed by atoms with Crippen molar-refractivity contribution in [1.29, 1.82) is 0 Å². The molecule has 0 aliphatic carbocycles. The summed E-state index contributed by atoms with van der Waals surface area (Å²) in [6.07, 6.45) is 5.93. The van der Waals surface area contributed by atoms with Crippen LogP contribution in [0.4, 0.5) is 0 Å². The number of hydrogen-bond donors (Lipinski definition) is 1. The fourth-order valence-corrected chi connectivity index (χ4v) is 1.45. The first-order valence-electron chi connectivity index (χ1n) is 5.08. The van der Waals surface area contributed by atoms with Gasteiger partial charge in [-0.25, -0.2) is 0 Å². The molecular formula is C11H19NO. The molecule has 1 N–H and O–H groups in total. The molecule has 0 aliphatic rings. The molecule has 0 aromatic carbocycles. The van der Waals surface area contributed by atoms with Crippen molar-refractivity contribution >= 4 is 0 Å². The van der Waals surface area contributed by atoms with Gasteiger partial charge in [0.2, 0.25) is 0 Å². The van der Waals surface area contributed by atoms with Gasteiger partial charge in [-0.3, -0.25) is 0 Å². The Morgan fingerprint density at radius 2 is 2.31 bits per heavy atom. The summed E-state index contributed by atoms with van der Waals surface area (Å²) in [5.74, 6) is 0.734. The molecule has 0 bridgehead atoms. The second kappa shape index (κ2) is 5.81. The first-order chi connectivity index (χ1) is 6.36. The van der Waals surface area contributed by atoms with E-state index in [1.54, 1.807) is 6.26 Å². The van der Waals surface area contributed by atoms with Crippen molar-refractivity contribution in [1.82, 2.24) is 5.32 Å². The monoisotopic (exact) mass is 181 g/mol. The molecular weight excluding hydrogens is 162 g/mol. The highest BCUT2D eigenvalue weighted by molar-refractivity contribution is 5.06. The summed E-state index contributed by atoms with van der Waals surface area (Å²) < 4.78 is 5.04. The third-order valence-electron chi connectivity index (χ3n) is 2.36. The highest BCUT2D eigenvalue weighted by Gasteiger charge is 2.06. The lowest BCUT2D eigenvalue weighted by molar-refractivity contribution is 0.464. The van der Waals surface area contributed by atoms with E-state index < -0.39 is 0 Å². The van der Waals surface area contributed by atoms with Gasteiger partial charge >= 0.3 is 0 Å². The van der Waals surface area contributed by atoms with Gasteiger partial charge in [0.25, 0.3) is 0 Å². The van der Waals surface area contributed by atoms with Gasteiger partial charge in [-0.05, 0) is 37.1 Å². The summed E-state index contributed by atoms with van der Waals surface area (Å²) in [7, 11) is 0. The lowest BCUT2D eigenvalue weighted by Crippen LogP contribution is -2.23. The smallest absolute Gasteiger partial charge is 0.0934 e. The van der Waals surface area contributed by atoms with Gasteiger partial charge in [0.05, 0.1) is 12.5 Å². The first kappa shape index (κ1) is 10.3. The van der Waals surface area contributed by atoms with E-state index in [-0.39, 0.29) is 0 Å². The number of hydrogen-bond acceptors (Lipinski definition) is 2. The lowest BCUT2D eigenvalue weighted by Gasteiger charge is -2.13. The van der Waals surface area contributed by atoms with E-state index >= 15 is 0 Å². The van der Waals surface area contributed by atoms with Crippen LogP contribution in [0.5, 0.6) is 0 Å². The SMILES string of the molecule is CCNCC(CC)Cc1ccoc1. The molecule has 1 atom stereocenters. The maximum absolute atomic E-state index is 5.04. The van der Waals surface area contributed by atoms with Gasteiger partial charge in [0.1, 0.15) is 0 Å². The van der Waals surface area contributed by atoms with E-state index in [0.717, 1.165) is 25.4 Å². The van der Waals surface area contributed by atoms with Gasteiger partial charge in [-0.2, -0.15) is 0 Å². The minimum Gasteiger partial charge on any atom is -0.472 e. The van der Waals surface area contributed by atoms with Gasteiger partial charge in [0.15, 0.2) is 0 Å². The lowest BCUT2D eigenvalue weighted by atomic mass is 9.99. The van der Waals surface area contributed by atoms with E-state index in [2.05, 4.69) is 25.2 Å². The zero-order valence-corrected chi connectivity index (χ0v) is 8.55. The zero-order valence-electron chi connectivity index (χ0n) is 8.55. The Bertz CT molecular complexity index is 206. The third kappa shape index (κ3) is 3.64. The fraction of sp³-hybridized carbons (Fsp3) is 0.636. The molecule has 0 saturated carbocycles. The Hall–Kier alpha value is -0.760. The van der Waals surface area contributed by atoms with Crippen LogP contribution in [0.15, 0.2) is 23.0 Å². The van der Waals surface area contributed by atoms with E-state index in [4.69, 9.17) is 4.42 Å². The van der Waals surface area contributed by atoms with Gasteiger partial charge in [-0.1, -0.05) is 20.3 Å². The molecule has 1 heterocycles. The van der Waals surface area contributed by atoms with Crippen LogP contribution in [0.3, 0.4) is 0 Å². The van der Waals surface area contributed by atoms with E-state index in [0.29, 0.717) is 0 Å². The van der Waals surface area contributed by atoms with E-state index in [9.17, 15) is 0 Å². The Morgan fingerprint density at radius 3 is 2.85 bits per heavy atom. The van der Waals surface area contributed by atoms with Crippen LogP contribution < -0.4 is 5.32 Å². The van der Waals surface area contributed by atoms with Gasteiger partial charge < -0.3 is 9.73 Å². The zero-order chi connectivity index (χ0) is 9.52. The van der Waals surface area contributed by atoms with E-state index in [1.165, 1.54) is 12.0 Å². The Morgan fingerprint density at radius 1 is 1.46 bits per heavy atom. The molecule has 0 radical (unpaired) electrons. The molecule has 1 aromatic rings. The van der Waals surface area contributed by atoms with Crippen LogP contribution >= 0.6 is 0 Å². The van der Waals surface area contributed by atoms with Crippen LogP contribution in [0.25, 0.3) is 0 Å². The van der Waals surface area contributed by atoms with Crippen LogP contribution in [0, 0.1) is 5.92 Å². The van der Waals surface area contributed by atoms with E-state index in [1.807, 2.05) is 6.26 Å². The maximum atomic E-state index is 5.04. The number of rotatable bonds is 6. The molecule has 0 aliphatic heterocycles. The molecule has 0 spiro atoms. The highest BCUT2D eigenvalue weighted by Crippen LogP contribution is 2.11. The van der Waals surface area contributed by atoms with Crippen LogP contribution in [-0.4, -0.2) is 13.1 Å². The molecule has 0 amide bonds. The topological polar surface area (TPSA) is 25.2 Å². The number of furan rings is 1. The summed E-state index contributed by atoms with van der Waals surface area (Å²) in [5, 5.41) is 3.38.